The fourth-order valence-electron chi connectivity index (χ4n) is 2.88. The van der Waals surface area contributed by atoms with E-state index in [0.29, 0.717) is 12.0 Å². The maximum Gasteiger partial charge on any atom is 0.236 e. The van der Waals surface area contributed by atoms with Crippen molar-refractivity contribution in [2.75, 3.05) is 6.54 Å². The summed E-state index contributed by atoms with van der Waals surface area (Å²) >= 11 is 0. The van der Waals surface area contributed by atoms with E-state index in [2.05, 4.69) is 31.4 Å². The Balaban J connectivity index is 2.24. The van der Waals surface area contributed by atoms with Gasteiger partial charge in [-0.1, -0.05) is 33.1 Å². The Bertz CT molecular complexity index is 259. The normalized spacial score (nSPS) is 20.3. The lowest BCUT2D eigenvalue weighted by molar-refractivity contribution is -0.123. The van der Waals surface area contributed by atoms with Gasteiger partial charge in [-0.25, -0.2) is 0 Å². The first-order valence-corrected chi connectivity index (χ1v) is 8.04. The number of hydrogen-bond acceptors (Lipinski definition) is 2. The van der Waals surface area contributed by atoms with Crippen molar-refractivity contribution < 1.29 is 4.79 Å². The zero-order valence-electron chi connectivity index (χ0n) is 13.2. The Morgan fingerprint density at radius 1 is 1.11 bits per heavy atom. The molecule has 1 rings (SSSR count). The van der Waals surface area contributed by atoms with E-state index in [-0.39, 0.29) is 11.9 Å². The van der Waals surface area contributed by atoms with Crippen LogP contribution in [0.4, 0.5) is 0 Å². The first-order chi connectivity index (χ1) is 9.00. The third-order valence-corrected chi connectivity index (χ3v) is 4.28. The molecule has 1 saturated carbocycles. The predicted molar refractivity (Wildman–Crippen MR) is 81.1 cm³/mol. The minimum absolute atomic E-state index is 0.0795. The van der Waals surface area contributed by atoms with E-state index in [1.54, 1.807) is 0 Å². The maximum atomic E-state index is 12.0. The molecule has 0 spiro atoms. The molecule has 0 aromatic rings. The Hall–Kier alpha value is -0.570. The molecule has 0 aliphatic heterocycles. The molecule has 0 saturated heterocycles. The minimum atomic E-state index is -0.0795. The van der Waals surface area contributed by atoms with Crippen molar-refractivity contribution in [2.24, 2.45) is 11.8 Å². The van der Waals surface area contributed by atoms with E-state index in [0.717, 1.165) is 18.9 Å². The topological polar surface area (TPSA) is 41.1 Å². The molecule has 112 valence electrons. The van der Waals surface area contributed by atoms with Crippen LogP contribution in [0.2, 0.25) is 0 Å². The van der Waals surface area contributed by atoms with Gasteiger partial charge in [-0.2, -0.15) is 0 Å². The van der Waals surface area contributed by atoms with Gasteiger partial charge in [0.2, 0.25) is 5.91 Å². The molecular weight excluding hydrogens is 236 g/mol. The fraction of sp³-hybridized carbons (Fsp3) is 0.938. The van der Waals surface area contributed by atoms with Gasteiger partial charge in [0.15, 0.2) is 0 Å². The Labute approximate surface area is 118 Å². The number of carbonyl (C=O) groups is 1. The molecule has 1 amide bonds. The highest BCUT2D eigenvalue weighted by atomic mass is 16.2. The van der Waals surface area contributed by atoms with Gasteiger partial charge in [0.05, 0.1) is 6.04 Å². The number of amides is 1. The largest absolute Gasteiger partial charge is 0.355 e. The average molecular weight is 268 g/mol. The van der Waals surface area contributed by atoms with E-state index in [9.17, 15) is 4.79 Å². The maximum absolute atomic E-state index is 12.0. The smallest absolute Gasteiger partial charge is 0.236 e. The molecule has 3 heteroatoms. The molecular formula is C16H32N2O. The van der Waals surface area contributed by atoms with Gasteiger partial charge in [-0.05, 0) is 44.9 Å². The highest BCUT2D eigenvalue weighted by molar-refractivity contribution is 5.81. The molecule has 3 nitrogen and oxygen atoms in total. The van der Waals surface area contributed by atoms with Gasteiger partial charge in [0.25, 0.3) is 0 Å². The molecule has 1 aliphatic carbocycles. The molecule has 0 heterocycles. The molecule has 0 aromatic carbocycles. The summed E-state index contributed by atoms with van der Waals surface area (Å²) in [6.07, 6.45) is 7.77. The van der Waals surface area contributed by atoms with Crippen LogP contribution in [0.3, 0.4) is 0 Å². The summed E-state index contributed by atoms with van der Waals surface area (Å²) in [4.78, 5) is 12.0. The molecule has 1 fully saturated rings. The second kappa shape index (κ2) is 8.57. The molecule has 2 N–H and O–H groups in total. The van der Waals surface area contributed by atoms with Crippen LogP contribution >= 0.6 is 0 Å². The first-order valence-electron chi connectivity index (χ1n) is 8.04. The lowest BCUT2D eigenvalue weighted by Gasteiger charge is -2.30. The van der Waals surface area contributed by atoms with Crippen molar-refractivity contribution in [3.05, 3.63) is 0 Å². The summed E-state index contributed by atoms with van der Waals surface area (Å²) in [5.41, 5.74) is 0. The van der Waals surface area contributed by atoms with Crippen LogP contribution in [-0.2, 0) is 4.79 Å². The van der Waals surface area contributed by atoms with Gasteiger partial charge in [-0.3, -0.25) is 4.79 Å². The van der Waals surface area contributed by atoms with Crippen molar-refractivity contribution in [3.63, 3.8) is 0 Å². The summed E-state index contributed by atoms with van der Waals surface area (Å²) in [7, 11) is 0. The van der Waals surface area contributed by atoms with Crippen molar-refractivity contribution in [1.29, 1.82) is 0 Å². The van der Waals surface area contributed by atoms with Gasteiger partial charge in [0.1, 0.15) is 0 Å². The van der Waals surface area contributed by atoms with Crippen LogP contribution in [0, 0.1) is 11.8 Å². The first kappa shape index (κ1) is 16.5. The van der Waals surface area contributed by atoms with Gasteiger partial charge < -0.3 is 10.6 Å². The van der Waals surface area contributed by atoms with Crippen molar-refractivity contribution in [2.45, 2.75) is 78.3 Å². The second-order valence-corrected chi connectivity index (χ2v) is 6.55. The van der Waals surface area contributed by atoms with E-state index >= 15 is 0 Å². The summed E-state index contributed by atoms with van der Waals surface area (Å²) in [5.74, 6) is 1.53. The van der Waals surface area contributed by atoms with Gasteiger partial charge in [-0.15, -0.1) is 0 Å². The second-order valence-electron chi connectivity index (χ2n) is 6.55. The van der Waals surface area contributed by atoms with Crippen LogP contribution in [0.1, 0.15) is 66.2 Å². The van der Waals surface area contributed by atoms with E-state index < -0.39 is 0 Å². The van der Waals surface area contributed by atoms with Gasteiger partial charge in [0, 0.05) is 12.6 Å². The highest BCUT2D eigenvalue weighted by Crippen LogP contribution is 2.26. The third kappa shape index (κ3) is 6.42. The zero-order chi connectivity index (χ0) is 14.3. The van der Waals surface area contributed by atoms with Crippen molar-refractivity contribution >= 4 is 5.91 Å². The summed E-state index contributed by atoms with van der Waals surface area (Å²) in [6.45, 7) is 9.36. The molecule has 0 bridgehead atoms. The minimum Gasteiger partial charge on any atom is -0.355 e. The number of rotatable bonds is 7. The van der Waals surface area contributed by atoms with E-state index in [4.69, 9.17) is 0 Å². The lowest BCUT2D eigenvalue weighted by Crippen LogP contribution is -2.48. The number of hydrogen-bond donors (Lipinski definition) is 2. The lowest BCUT2D eigenvalue weighted by atomic mass is 9.84. The monoisotopic (exact) mass is 268 g/mol. The number of nitrogens with one attached hydrogen (secondary N) is 2. The van der Waals surface area contributed by atoms with Crippen molar-refractivity contribution in [3.8, 4) is 0 Å². The Morgan fingerprint density at radius 2 is 1.74 bits per heavy atom. The van der Waals surface area contributed by atoms with Crippen LogP contribution < -0.4 is 10.6 Å². The van der Waals surface area contributed by atoms with Crippen LogP contribution in [0.15, 0.2) is 0 Å². The zero-order valence-corrected chi connectivity index (χ0v) is 13.2. The summed E-state index contributed by atoms with van der Waals surface area (Å²) in [5, 5.41) is 6.50. The molecule has 0 aromatic heterocycles. The molecule has 0 radical (unpaired) electrons. The number of carbonyl (C=O) groups excluding carboxylic acids is 1. The fourth-order valence-corrected chi connectivity index (χ4v) is 2.88. The van der Waals surface area contributed by atoms with E-state index in [1.165, 1.54) is 32.1 Å². The third-order valence-electron chi connectivity index (χ3n) is 4.28. The molecule has 1 aliphatic rings. The standard InChI is InChI=1S/C16H32N2O/c1-12(2)10-11-17-16(19)14(4)18-13(3)15-8-6-5-7-9-15/h12-15,18H,5-11H2,1-4H3,(H,17,19)/t13-,14?/m1/s1. The van der Waals surface area contributed by atoms with E-state index in [1.807, 2.05) is 6.92 Å². The van der Waals surface area contributed by atoms with Crippen LogP contribution in [0.5, 0.6) is 0 Å². The predicted octanol–water partition coefficient (Wildman–Crippen LogP) is 3.10. The quantitative estimate of drug-likeness (QED) is 0.745. The molecule has 19 heavy (non-hydrogen) atoms. The average Bonchev–Trinajstić information content (AvgIpc) is 2.39. The summed E-state index contributed by atoms with van der Waals surface area (Å²) in [6, 6.07) is 0.371. The highest BCUT2D eigenvalue weighted by Gasteiger charge is 2.23. The molecule has 2 atom stereocenters. The Kier molecular flexibility index (Phi) is 7.44. The molecule has 1 unspecified atom stereocenters. The Morgan fingerprint density at radius 3 is 2.32 bits per heavy atom. The van der Waals surface area contributed by atoms with Crippen LogP contribution in [0.25, 0.3) is 0 Å². The summed E-state index contributed by atoms with van der Waals surface area (Å²) < 4.78 is 0. The van der Waals surface area contributed by atoms with Gasteiger partial charge >= 0.3 is 0 Å². The van der Waals surface area contributed by atoms with Crippen LogP contribution in [-0.4, -0.2) is 24.5 Å². The SMILES string of the molecule is CC(C)CCNC(=O)C(C)N[C@H](C)C1CCCCC1. The van der Waals surface area contributed by atoms with Crippen molar-refractivity contribution in [1.82, 2.24) is 10.6 Å².